The Labute approximate surface area is 154 Å². The molecule has 26 heavy (non-hydrogen) atoms. The van der Waals surface area contributed by atoms with Crippen LogP contribution in [0.3, 0.4) is 0 Å². The first kappa shape index (κ1) is 18.1. The first-order chi connectivity index (χ1) is 12.6. The standard InChI is InChI=1S/C18H17FN4O2S/c19-16-3-1-13(2-4-16)11-26-18-22-8-15(9-23(18)10-17(24)25)5-14-6-20-12-21-7-14/h1-4,6-9,12,18H,5,10-11H2,(H,24,25). The van der Waals surface area contributed by atoms with Gasteiger partial charge in [0.1, 0.15) is 18.7 Å². The Morgan fingerprint density at radius 3 is 2.62 bits per heavy atom. The molecular formula is C18H17FN4O2S. The van der Waals surface area contributed by atoms with E-state index in [-0.39, 0.29) is 17.9 Å². The Bertz CT molecular complexity index is 812. The fraction of sp³-hybridized carbons (Fsp3) is 0.222. The van der Waals surface area contributed by atoms with Gasteiger partial charge in [-0.2, -0.15) is 0 Å². The summed E-state index contributed by atoms with van der Waals surface area (Å²) in [5, 5.41) is 9.18. The van der Waals surface area contributed by atoms with Crippen molar-refractivity contribution >= 4 is 23.9 Å². The molecule has 6 nitrogen and oxygen atoms in total. The lowest BCUT2D eigenvalue weighted by Gasteiger charge is -2.29. The number of thioether (sulfide) groups is 1. The smallest absolute Gasteiger partial charge is 0.323 e. The van der Waals surface area contributed by atoms with Crippen molar-refractivity contribution < 1.29 is 14.3 Å². The summed E-state index contributed by atoms with van der Waals surface area (Å²) in [6, 6.07) is 6.25. The van der Waals surface area contributed by atoms with Crippen molar-refractivity contribution in [1.29, 1.82) is 0 Å². The number of carboxylic acid groups (broad SMARTS) is 1. The van der Waals surface area contributed by atoms with E-state index in [2.05, 4.69) is 15.0 Å². The SMILES string of the molecule is O=C(O)CN1C=C(Cc2cncnc2)C=NC1SCc1ccc(F)cc1. The first-order valence-corrected chi connectivity index (χ1v) is 8.96. The van der Waals surface area contributed by atoms with Gasteiger partial charge in [-0.15, -0.1) is 11.8 Å². The number of carbonyl (C=O) groups is 1. The van der Waals surface area contributed by atoms with Gasteiger partial charge in [0.2, 0.25) is 0 Å². The van der Waals surface area contributed by atoms with Gasteiger partial charge in [0.15, 0.2) is 5.50 Å². The Morgan fingerprint density at radius 1 is 1.19 bits per heavy atom. The van der Waals surface area contributed by atoms with Gasteiger partial charge < -0.3 is 10.0 Å². The fourth-order valence-electron chi connectivity index (χ4n) is 2.47. The number of rotatable bonds is 7. The molecule has 2 aromatic rings. The van der Waals surface area contributed by atoms with Gasteiger partial charge in [-0.25, -0.2) is 14.4 Å². The predicted molar refractivity (Wildman–Crippen MR) is 98.1 cm³/mol. The van der Waals surface area contributed by atoms with Crippen LogP contribution < -0.4 is 0 Å². The van der Waals surface area contributed by atoms with E-state index in [0.717, 1.165) is 16.7 Å². The molecule has 1 atom stereocenters. The maximum Gasteiger partial charge on any atom is 0.323 e. The molecule has 1 aliphatic rings. The van der Waals surface area contributed by atoms with Crippen molar-refractivity contribution in [3.63, 3.8) is 0 Å². The molecule has 0 aliphatic carbocycles. The number of allylic oxidation sites excluding steroid dienone is 1. The Hall–Kier alpha value is -2.74. The first-order valence-electron chi connectivity index (χ1n) is 7.91. The average Bonchev–Trinajstić information content (AvgIpc) is 2.63. The highest BCUT2D eigenvalue weighted by molar-refractivity contribution is 7.99. The number of carboxylic acids is 1. The molecule has 1 unspecified atom stereocenters. The average molecular weight is 372 g/mol. The van der Waals surface area contributed by atoms with Gasteiger partial charge in [0, 0.05) is 37.0 Å². The fourth-order valence-corrected chi connectivity index (χ4v) is 3.48. The molecule has 0 spiro atoms. The van der Waals surface area contributed by atoms with Crippen LogP contribution in [-0.2, 0) is 17.0 Å². The molecule has 1 aromatic heterocycles. The molecule has 2 heterocycles. The maximum atomic E-state index is 13.0. The predicted octanol–water partition coefficient (Wildman–Crippen LogP) is 2.73. The van der Waals surface area contributed by atoms with Crippen LogP contribution in [0.5, 0.6) is 0 Å². The van der Waals surface area contributed by atoms with Crippen LogP contribution in [-0.4, -0.2) is 44.2 Å². The van der Waals surface area contributed by atoms with Gasteiger partial charge >= 0.3 is 5.97 Å². The van der Waals surface area contributed by atoms with E-state index in [9.17, 15) is 14.3 Å². The van der Waals surface area contributed by atoms with E-state index in [4.69, 9.17) is 0 Å². The highest BCUT2D eigenvalue weighted by atomic mass is 32.2. The maximum absolute atomic E-state index is 13.0. The van der Waals surface area contributed by atoms with Crippen molar-refractivity contribution in [2.75, 3.05) is 6.54 Å². The number of hydrogen-bond acceptors (Lipinski definition) is 6. The van der Waals surface area contributed by atoms with Crippen LogP contribution in [0, 0.1) is 5.82 Å². The van der Waals surface area contributed by atoms with E-state index < -0.39 is 5.97 Å². The number of hydrogen-bond donors (Lipinski definition) is 1. The summed E-state index contributed by atoms with van der Waals surface area (Å²) in [7, 11) is 0. The van der Waals surface area contributed by atoms with Crippen molar-refractivity contribution in [2.24, 2.45) is 4.99 Å². The minimum absolute atomic E-state index is 0.146. The van der Waals surface area contributed by atoms with Crippen molar-refractivity contribution in [1.82, 2.24) is 14.9 Å². The zero-order valence-corrected chi connectivity index (χ0v) is 14.6. The number of aromatic nitrogens is 2. The summed E-state index contributed by atoms with van der Waals surface area (Å²) in [4.78, 5) is 25.3. The highest BCUT2D eigenvalue weighted by Crippen LogP contribution is 2.26. The molecule has 1 aromatic carbocycles. The van der Waals surface area contributed by atoms with Crippen LogP contribution in [0.1, 0.15) is 11.1 Å². The zero-order valence-electron chi connectivity index (χ0n) is 13.8. The van der Waals surface area contributed by atoms with E-state index in [1.165, 1.54) is 30.2 Å². The zero-order chi connectivity index (χ0) is 18.4. The van der Waals surface area contributed by atoms with E-state index in [1.54, 1.807) is 35.6 Å². The second-order valence-corrected chi connectivity index (χ2v) is 6.78. The molecule has 1 N–H and O–H groups in total. The third-order valence-corrected chi connectivity index (χ3v) is 4.83. The molecule has 0 fully saturated rings. The Morgan fingerprint density at radius 2 is 1.92 bits per heavy atom. The molecule has 3 rings (SSSR count). The molecular weight excluding hydrogens is 355 g/mol. The summed E-state index contributed by atoms with van der Waals surface area (Å²) in [6.07, 6.45) is 9.06. The molecule has 0 bridgehead atoms. The normalized spacial score (nSPS) is 16.4. The third kappa shape index (κ3) is 5.13. The summed E-state index contributed by atoms with van der Waals surface area (Å²) in [6.45, 7) is -0.146. The number of nitrogens with zero attached hydrogens (tertiary/aromatic N) is 4. The van der Waals surface area contributed by atoms with Crippen LogP contribution in [0.15, 0.2) is 59.8 Å². The number of benzene rings is 1. The van der Waals surface area contributed by atoms with E-state index >= 15 is 0 Å². The van der Waals surface area contributed by atoms with Crippen LogP contribution >= 0.6 is 11.8 Å². The quantitative estimate of drug-likeness (QED) is 0.805. The summed E-state index contributed by atoms with van der Waals surface area (Å²) in [5.74, 6) is -0.596. The lowest BCUT2D eigenvalue weighted by atomic mass is 10.1. The highest BCUT2D eigenvalue weighted by Gasteiger charge is 2.21. The molecule has 0 saturated heterocycles. The number of halogens is 1. The third-order valence-electron chi connectivity index (χ3n) is 3.64. The number of aliphatic imine (C=N–C) groups is 1. The molecule has 0 saturated carbocycles. The Balaban J connectivity index is 1.67. The second kappa shape index (κ2) is 8.57. The van der Waals surface area contributed by atoms with Crippen molar-refractivity contribution in [3.8, 4) is 0 Å². The molecule has 8 heteroatoms. The van der Waals surface area contributed by atoms with Gasteiger partial charge in [-0.3, -0.25) is 9.79 Å². The minimum atomic E-state index is -0.923. The van der Waals surface area contributed by atoms with Crippen LogP contribution in [0.4, 0.5) is 4.39 Å². The summed E-state index contributed by atoms with van der Waals surface area (Å²) in [5.41, 5.74) is 2.43. The van der Waals surface area contributed by atoms with Crippen LogP contribution in [0.2, 0.25) is 0 Å². The minimum Gasteiger partial charge on any atom is -0.480 e. The van der Waals surface area contributed by atoms with Gasteiger partial charge in [0.25, 0.3) is 0 Å². The summed E-state index contributed by atoms with van der Waals surface area (Å²) >= 11 is 1.49. The summed E-state index contributed by atoms with van der Waals surface area (Å²) < 4.78 is 13.0. The van der Waals surface area contributed by atoms with E-state index in [1.807, 2.05) is 6.20 Å². The topological polar surface area (TPSA) is 78.7 Å². The van der Waals surface area contributed by atoms with Gasteiger partial charge in [0.05, 0.1) is 0 Å². The van der Waals surface area contributed by atoms with E-state index in [0.29, 0.717) is 12.2 Å². The van der Waals surface area contributed by atoms with Crippen molar-refractivity contribution in [3.05, 3.63) is 71.7 Å². The molecule has 0 radical (unpaired) electrons. The lowest BCUT2D eigenvalue weighted by Crippen LogP contribution is -2.34. The lowest BCUT2D eigenvalue weighted by molar-refractivity contribution is -0.137. The monoisotopic (exact) mass is 372 g/mol. The molecule has 0 amide bonds. The Kier molecular flexibility index (Phi) is 5.96. The van der Waals surface area contributed by atoms with Crippen molar-refractivity contribution in [2.45, 2.75) is 17.7 Å². The molecule has 134 valence electrons. The largest absolute Gasteiger partial charge is 0.480 e. The molecule has 1 aliphatic heterocycles. The second-order valence-electron chi connectivity index (χ2n) is 5.74. The van der Waals surface area contributed by atoms with Gasteiger partial charge in [-0.05, 0) is 28.8 Å². The van der Waals surface area contributed by atoms with Crippen LogP contribution in [0.25, 0.3) is 0 Å². The number of aliphatic carboxylic acids is 1. The van der Waals surface area contributed by atoms with Gasteiger partial charge in [-0.1, -0.05) is 12.1 Å².